The Morgan fingerprint density at radius 3 is 2.64 bits per heavy atom. The summed E-state index contributed by atoms with van der Waals surface area (Å²) in [6.45, 7) is 2.48. The fourth-order valence-electron chi connectivity index (χ4n) is 4.55. The molecule has 0 spiro atoms. The highest BCUT2D eigenvalue weighted by molar-refractivity contribution is 6.04. The highest BCUT2D eigenvalue weighted by Gasteiger charge is 2.24. The summed E-state index contributed by atoms with van der Waals surface area (Å²) in [5.74, 6) is -0.326. The molecule has 0 saturated heterocycles. The molecule has 1 atom stereocenters. The molecule has 5 aromatic rings. The first-order valence-corrected chi connectivity index (χ1v) is 11.6. The van der Waals surface area contributed by atoms with Crippen molar-refractivity contribution in [2.45, 2.75) is 19.5 Å². The number of anilines is 1. The van der Waals surface area contributed by atoms with E-state index in [1.807, 2.05) is 80.5 Å². The molecule has 0 radical (unpaired) electrons. The molecule has 2 aromatic carbocycles. The summed E-state index contributed by atoms with van der Waals surface area (Å²) in [5, 5.41) is 8.66. The van der Waals surface area contributed by atoms with Crippen LogP contribution in [0.3, 0.4) is 0 Å². The molecule has 9 nitrogen and oxygen atoms in total. The van der Waals surface area contributed by atoms with Gasteiger partial charge in [0.15, 0.2) is 11.5 Å². The van der Waals surface area contributed by atoms with E-state index < -0.39 is 11.9 Å². The van der Waals surface area contributed by atoms with Crippen LogP contribution in [0.1, 0.15) is 34.6 Å². The number of nitrogen functional groups attached to an aromatic ring is 1. The molecule has 0 aliphatic heterocycles. The SMILES string of the molecule is C[C@H](NC(=O)c1c(N)nn2cccnc12)c1cc2cccc(CN(C)C)c2c(=O)n1-c1ccccc1. The van der Waals surface area contributed by atoms with Crippen molar-refractivity contribution in [3.63, 3.8) is 0 Å². The first-order chi connectivity index (χ1) is 17.3. The van der Waals surface area contributed by atoms with Gasteiger partial charge >= 0.3 is 0 Å². The normalized spacial score (nSPS) is 12.3. The molecular weight excluding hydrogens is 454 g/mol. The van der Waals surface area contributed by atoms with E-state index in [4.69, 9.17) is 5.73 Å². The number of amides is 1. The number of carbonyl (C=O) groups excluding carboxylic acids is 1. The third-order valence-corrected chi connectivity index (χ3v) is 6.10. The van der Waals surface area contributed by atoms with Crippen molar-refractivity contribution in [2.75, 3.05) is 19.8 Å². The molecule has 36 heavy (non-hydrogen) atoms. The number of hydrogen-bond donors (Lipinski definition) is 2. The Bertz CT molecular complexity index is 1640. The average Bonchev–Trinajstić information content (AvgIpc) is 3.19. The smallest absolute Gasteiger partial charge is 0.263 e. The van der Waals surface area contributed by atoms with Crippen molar-refractivity contribution in [1.29, 1.82) is 0 Å². The molecule has 0 bridgehead atoms. The Morgan fingerprint density at radius 2 is 1.89 bits per heavy atom. The van der Waals surface area contributed by atoms with Crippen LogP contribution < -0.4 is 16.6 Å². The number of nitrogens with zero attached hydrogens (tertiary/aromatic N) is 5. The number of benzene rings is 2. The van der Waals surface area contributed by atoms with Crippen LogP contribution in [0, 0.1) is 0 Å². The maximum atomic E-state index is 14.0. The van der Waals surface area contributed by atoms with Crippen LogP contribution in [0.2, 0.25) is 0 Å². The molecule has 182 valence electrons. The van der Waals surface area contributed by atoms with Crippen molar-refractivity contribution < 1.29 is 4.79 Å². The Kier molecular flexibility index (Phi) is 5.99. The number of rotatable bonds is 6. The molecule has 3 N–H and O–H groups in total. The summed E-state index contributed by atoms with van der Waals surface area (Å²) in [5.41, 5.74) is 8.80. The minimum atomic E-state index is -0.523. The van der Waals surface area contributed by atoms with Crippen LogP contribution >= 0.6 is 0 Å². The monoisotopic (exact) mass is 481 g/mol. The lowest BCUT2D eigenvalue weighted by Crippen LogP contribution is -2.32. The number of nitrogens with one attached hydrogen (secondary N) is 1. The fraction of sp³-hybridized carbons (Fsp3) is 0.185. The predicted octanol–water partition coefficient (Wildman–Crippen LogP) is 3.17. The van der Waals surface area contributed by atoms with Crippen molar-refractivity contribution in [2.24, 2.45) is 0 Å². The molecular formula is C27H27N7O2. The van der Waals surface area contributed by atoms with Gasteiger partial charge in [-0.2, -0.15) is 0 Å². The third kappa shape index (κ3) is 4.09. The van der Waals surface area contributed by atoms with E-state index in [2.05, 4.69) is 15.4 Å². The van der Waals surface area contributed by atoms with Gasteiger partial charge in [-0.1, -0.05) is 36.4 Å². The van der Waals surface area contributed by atoms with E-state index in [-0.39, 0.29) is 16.9 Å². The Morgan fingerprint density at radius 1 is 1.11 bits per heavy atom. The van der Waals surface area contributed by atoms with Crippen LogP contribution in [0.15, 0.2) is 77.9 Å². The first-order valence-electron chi connectivity index (χ1n) is 11.6. The first kappa shape index (κ1) is 23.3. The summed E-state index contributed by atoms with van der Waals surface area (Å²) in [4.78, 5) is 33.6. The zero-order valence-electron chi connectivity index (χ0n) is 20.3. The number of para-hydroxylation sites is 1. The minimum Gasteiger partial charge on any atom is -0.381 e. The topological polar surface area (TPSA) is 111 Å². The van der Waals surface area contributed by atoms with Gasteiger partial charge in [0.05, 0.1) is 11.4 Å². The summed E-state index contributed by atoms with van der Waals surface area (Å²) in [6.07, 6.45) is 3.26. The van der Waals surface area contributed by atoms with Gasteiger partial charge in [-0.05, 0) is 56.2 Å². The third-order valence-electron chi connectivity index (χ3n) is 6.10. The van der Waals surface area contributed by atoms with Gasteiger partial charge in [0.25, 0.3) is 11.5 Å². The molecule has 3 heterocycles. The van der Waals surface area contributed by atoms with Crippen molar-refractivity contribution in [3.05, 3.63) is 100 Å². The average molecular weight is 482 g/mol. The van der Waals surface area contributed by atoms with Gasteiger partial charge in [0.2, 0.25) is 0 Å². The quantitative estimate of drug-likeness (QED) is 0.385. The highest BCUT2D eigenvalue weighted by Crippen LogP contribution is 2.25. The van der Waals surface area contributed by atoms with Gasteiger partial charge in [0, 0.05) is 30.3 Å². The van der Waals surface area contributed by atoms with Gasteiger partial charge in [-0.3, -0.25) is 14.2 Å². The summed E-state index contributed by atoms with van der Waals surface area (Å²) >= 11 is 0. The fourth-order valence-corrected chi connectivity index (χ4v) is 4.55. The Hall–Kier alpha value is -4.50. The zero-order chi connectivity index (χ0) is 25.4. The van der Waals surface area contributed by atoms with Gasteiger partial charge < -0.3 is 16.0 Å². The van der Waals surface area contributed by atoms with E-state index in [0.29, 0.717) is 23.3 Å². The molecule has 9 heteroatoms. The van der Waals surface area contributed by atoms with Crippen LogP contribution in [-0.2, 0) is 6.54 Å². The van der Waals surface area contributed by atoms with Gasteiger partial charge in [0.1, 0.15) is 5.56 Å². The lowest BCUT2D eigenvalue weighted by molar-refractivity contribution is 0.0941. The van der Waals surface area contributed by atoms with E-state index in [1.165, 1.54) is 4.52 Å². The number of fused-ring (bicyclic) bond motifs is 2. The van der Waals surface area contributed by atoms with Gasteiger partial charge in [-0.25, -0.2) is 9.50 Å². The van der Waals surface area contributed by atoms with Crippen molar-refractivity contribution in [1.82, 2.24) is 29.4 Å². The van der Waals surface area contributed by atoms with Crippen LogP contribution in [-0.4, -0.2) is 44.1 Å². The number of aromatic nitrogens is 4. The van der Waals surface area contributed by atoms with Crippen LogP contribution in [0.5, 0.6) is 0 Å². The molecule has 0 fully saturated rings. The Balaban J connectivity index is 1.64. The second-order valence-electron chi connectivity index (χ2n) is 9.01. The molecule has 0 aliphatic carbocycles. The minimum absolute atomic E-state index is 0.0886. The van der Waals surface area contributed by atoms with Crippen LogP contribution in [0.4, 0.5) is 5.82 Å². The van der Waals surface area contributed by atoms with Crippen LogP contribution in [0.25, 0.3) is 22.1 Å². The second kappa shape index (κ2) is 9.27. The second-order valence-corrected chi connectivity index (χ2v) is 9.01. The standard InChI is InChI=1S/C27H27N7O2/c1-17(30-26(35)23-24(28)31-33-14-8-13-29-25(23)33)21-15-18-9-7-10-19(16-32(2)3)22(18)27(36)34(21)20-11-5-4-6-12-20/h4-15,17H,16H2,1-3H3,(H2,28,31)(H,30,35)/t17-/m0/s1. The summed E-state index contributed by atoms with van der Waals surface area (Å²) in [6, 6.07) is 18.4. The summed E-state index contributed by atoms with van der Waals surface area (Å²) in [7, 11) is 3.95. The molecule has 5 rings (SSSR count). The highest BCUT2D eigenvalue weighted by atomic mass is 16.2. The molecule has 0 unspecified atom stereocenters. The van der Waals surface area contributed by atoms with Crippen molar-refractivity contribution >= 4 is 28.1 Å². The lowest BCUT2D eigenvalue weighted by atomic mass is 10.0. The largest absolute Gasteiger partial charge is 0.381 e. The van der Waals surface area contributed by atoms with Crippen molar-refractivity contribution in [3.8, 4) is 5.69 Å². The number of carbonyl (C=O) groups is 1. The van der Waals surface area contributed by atoms with E-state index >= 15 is 0 Å². The maximum Gasteiger partial charge on any atom is 0.263 e. The molecule has 0 aliphatic rings. The van der Waals surface area contributed by atoms with E-state index in [9.17, 15) is 9.59 Å². The van der Waals surface area contributed by atoms with E-state index in [1.54, 1.807) is 23.0 Å². The molecule has 1 amide bonds. The zero-order valence-corrected chi connectivity index (χ0v) is 20.3. The Labute approximate surface area is 207 Å². The van der Waals surface area contributed by atoms with Gasteiger partial charge in [-0.15, -0.1) is 5.10 Å². The lowest BCUT2D eigenvalue weighted by Gasteiger charge is -2.22. The maximum absolute atomic E-state index is 14.0. The summed E-state index contributed by atoms with van der Waals surface area (Å²) < 4.78 is 3.14. The molecule has 3 aromatic heterocycles. The predicted molar refractivity (Wildman–Crippen MR) is 140 cm³/mol. The number of hydrogen-bond acceptors (Lipinski definition) is 6. The number of nitrogens with two attached hydrogens (primary N) is 1. The molecule has 0 saturated carbocycles. The number of pyridine rings is 1. The van der Waals surface area contributed by atoms with E-state index in [0.717, 1.165) is 16.6 Å².